The molecule has 6 heteroatoms. The number of nitrogens with zero attached hydrogens (tertiary/aromatic N) is 2. The molecule has 90 valence electrons. The number of hydrogen-bond donors (Lipinski definition) is 2. The van der Waals surface area contributed by atoms with Gasteiger partial charge in [-0.15, -0.1) is 11.3 Å². The predicted octanol–water partition coefficient (Wildman–Crippen LogP) is 3.26. The van der Waals surface area contributed by atoms with E-state index in [1.807, 2.05) is 25.1 Å². The molecular weight excluding hydrogens is 256 g/mol. The highest BCUT2D eigenvalue weighted by Crippen LogP contribution is 2.28. The molecule has 0 aliphatic rings. The molecule has 0 aliphatic heterocycles. The van der Waals surface area contributed by atoms with Gasteiger partial charge in [0.15, 0.2) is 0 Å². The summed E-state index contributed by atoms with van der Waals surface area (Å²) in [7, 11) is 0. The van der Waals surface area contributed by atoms with Crippen molar-refractivity contribution in [2.24, 2.45) is 0 Å². The average Bonchev–Trinajstić information content (AvgIpc) is 2.63. The second-order valence-electron chi connectivity index (χ2n) is 3.76. The van der Waals surface area contributed by atoms with Crippen molar-refractivity contribution in [3.63, 3.8) is 0 Å². The minimum Gasteiger partial charge on any atom is -0.368 e. The summed E-state index contributed by atoms with van der Waals surface area (Å²) in [6, 6.07) is 5.89. The van der Waals surface area contributed by atoms with E-state index in [0.717, 1.165) is 20.7 Å². The number of nitrogen functional groups attached to an aromatic ring is 1. The van der Waals surface area contributed by atoms with E-state index in [0.29, 0.717) is 0 Å². The van der Waals surface area contributed by atoms with E-state index < -0.39 is 0 Å². The molecule has 17 heavy (non-hydrogen) atoms. The smallest absolute Gasteiger partial charge is 0.222 e. The molecule has 0 saturated carbocycles. The lowest BCUT2D eigenvalue weighted by Gasteiger charge is -2.13. The van der Waals surface area contributed by atoms with Crippen molar-refractivity contribution in [1.29, 1.82) is 0 Å². The Bertz CT molecular complexity index is 506. The lowest BCUT2D eigenvalue weighted by atomic mass is 10.2. The summed E-state index contributed by atoms with van der Waals surface area (Å²) in [6.07, 6.45) is 0. The molecule has 0 aliphatic carbocycles. The molecule has 2 aromatic rings. The zero-order chi connectivity index (χ0) is 12.4. The summed E-state index contributed by atoms with van der Waals surface area (Å²) in [6.45, 7) is 3.94. The number of nitrogens with one attached hydrogen (secondary N) is 1. The fourth-order valence-electron chi connectivity index (χ4n) is 1.52. The van der Waals surface area contributed by atoms with Crippen molar-refractivity contribution in [3.05, 3.63) is 33.1 Å². The molecule has 0 aromatic carbocycles. The first-order chi connectivity index (χ1) is 8.04. The highest BCUT2D eigenvalue weighted by molar-refractivity contribution is 7.16. The van der Waals surface area contributed by atoms with E-state index in [1.165, 1.54) is 0 Å². The number of nitrogens with two attached hydrogens (primary N) is 1. The van der Waals surface area contributed by atoms with Crippen LogP contribution in [-0.2, 0) is 0 Å². The Hall–Kier alpha value is -1.33. The highest BCUT2D eigenvalue weighted by Gasteiger charge is 2.09. The molecule has 4 nitrogen and oxygen atoms in total. The van der Waals surface area contributed by atoms with Gasteiger partial charge in [0.2, 0.25) is 5.95 Å². The van der Waals surface area contributed by atoms with Crippen molar-refractivity contribution < 1.29 is 0 Å². The molecule has 0 saturated heterocycles. The van der Waals surface area contributed by atoms with Gasteiger partial charge in [-0.2, -0.15) is 4.98 Å². The van der Waals surface area contributed by atoms with Crippen LogP contribution in [0.5, 0.6) is 0 Å². The predicted molar refractivity (Wildman–Crippen MR) is 72.5 cm³/mol. The molecule has 2 heterocycles. The Labute approximate surface area is 109 Å². The summed E-state index contributed by atoms with van der Waals surface area (Å²) < 4.78 is 0.784. The van der Waals surface area contributed by atoms with Gasteiger partial charge in [0.25, 0.3) is 0 Å². The maximum absolute atomic E-state index is 5.90. The minimum atomic E-state index is 0.140. The van der Waals surface area contributed by atoms with Crippen LogP contribution in [-0.4, -0.2) is 9.97 Å². The molecule has 0 bridgehead atoms. The quantitative estimate of drug-likeness (QED) is 0.897. The van der Waals surface area contributed by atoms with Gasteiger partial charge < -0.3 is 11.1 Å². The summed E-state index contributed by atoms with van der Waals surface area (Å²) in [5.41, 5.74) is 6.44. The molecule has 1 atom stereocenters. The first kappa shape index (κ1) is 12.1. The molecule has 0 spiro atoms. The fraction of sp³-hybridized carbons (Fsp3) is 0.273. The van der Waals surface area contributed by atoms with Gasteiger partial charge in [-0.1, -0.05) is 11.6 Å². The van der Waals surface area contributed by atoms with E-state index in [4.69, 9.17) is 17.3 Å². The minimum absolute atomic E-state index is 0.140. The number of aromatic nitrogens is 2. The van der Waals surface area contributed by atoms with Crippen LogP contribution in [0.4, 0.5) is 11.8 Å². The monoisotopic (exact) mass is 268 g/mol. The fourth-order valence-corrected chi connectivity index (χ4v) is 2.58. The van der Waals surface area contributed by atoms with Crippen LogP contribution in [0, 0.1) is 6.92 Å². The van der Waals surface area contributed by atoms with Crippen molar-refractivity contribution in [3.8, 4) is 0 Å². The molecule has 1 unspecified atom stereocenters. The number of thiophene rings is 1. The van der Waals surface area contributed by atoms with Gasteiger partial charge in [-0.3, -0.25) is 0 Å². The third kappa shape index (κ3) is 3.08. The SMILES string of the molecule is Cc1cc(NC(C)c2ccc(Cl)s2)nc(N)n1. The number of halogens is 1. The third-order valence-electron chi connectivity index (χ3n) is 2.26. The Morgan fingerprint density at radius 1 is 1.41 bits per heavy atom. The summed E-state index contributed by atoms with van der Waals surface area (Å²) in [5.74, 6) is 1.01. The molecule has 0 amide bonds. The van der Waals surface area contributed by atoms with Gasteiger partial charge in [-0.25, -0.2) is 4.98 Å². The largest absolute Gasteiger partial charge is 0.368 e. The molecule has 0 radical (unpaired) electrons. The van der Waals surface area contributed by atoms with Crippen LogP contribution in [0.25, 0.3) is 0 Å². The second-order valence-corrected chi connectivity index (χ2v) is 5.51. The van der Waals surface area contributed by atoms with Gasteiger partial charge >= 0.3 is 0 Å². The summed E-state index contributed by atoms with van der Waals surface area (Å²) in [5, 5.41) is 3.27. The van der Waals surface area contributed by atoms with Crippen molar-refractivity contribution in [2.45, 2.75) is 19.9 Å². The summed E-state index contributed by atoms with van der Waals surface area (Å²) in [4.78, 5) is 9.32. The van der Waals surface area contributed by atoms with Crippen LogP contribution < -0.4 is 11.1 Å². The zero-order valence-electron chi connectivity index (χ0n) is 9.57. The van der Waals surface area contributed by atoms with E-state index in [2.05, 4.69) is 22.2 Å². The first-order valence-electron chi connectivity index (χ1n) is 5.17. The third-order valence-corrected chi connectivity index (χ3v) is 3.67. The number of aryl methyl sites for hydroxylation is 1. The molecule has 3 N–H and O–H groups in total. The van der Waals surface area contributed by atoms with Crippen LogP contribution in [0.2, 0.25) is 4.34 Å². The second kappa shape index (κ2) is 4.89. The molecule has 0 fully saturated rings. The number of rotatable bonds is 3. The number of hydrogen-bond acceptors (Lipinski definition) is 5. The Kier molecular flexibility index (Phi) is 3.49. The van der Waals surface area contributed by atoms with Gasteiger partial charge in [-0.05, 0) is 26.0 Å². The van der Waals surface area contributed by atoms with Crippen molar-refractivity contribution >= 4 is 34.7 Å². The lowest BCUT2D eigenvalue weighted by Crippen LogP contribution is -2.08. The molecule has 2 aromatic heterocycles. The average molecular weight is 269 g/mol. The Morgan fingerprint density at radius 2 is 2.18 bits per heavy atom. The summed E-state index contributed by atoms with van der Waals surface area (Å²) >= 11 is 7.45. The normalized spacial score (nSPS) is 12.4. The molecular formula is C11H13ClN4S. The lowest BCUT2D eigenvalue weighted by molar-refractivity contribution is 0.892. The van der Waals surface area contributed by atoms with E-state index in [-0.39, 0.29) is 12.0 Å². The van der Waals surface area contributed by atoms with Crippen LogP contribution in [0.15, 0.2) is 18.2 Å². The topological polar surface area (TPSA) is 63.8 Å². The highest BCUT2D eigenvalue weighted by atomic mass is 35.5. The van der Waals surface area contributed by atoms with Crippen LogP contribution in [0.1, 0.15) is 23.5 Å². The maximum Gasteiger partial charge on any atom is 0.222 e. The van der Waals surface area contributed by atoms with Crippen molar-refractivity contribution in [2.75, 3.05) is 11.1 Å². The van der Waals surface area contributed by atoms with Gasteiger partial charge in [0, 0.05) is 16.6 Å². The standard InChI is InChI=1S/C11H13ClN4S/c1-6-5-10(16-11(13)14-6)15-7(2)8-3-4-9(12)17-8/h3-5,7H,1-2H3,(H3,13,14,15,16). The Balaban J connectivity index is 2.15. The maximum atomic E-state index is 5.90. The van der Waals surface area contributed by atoms with E-state index in [9.17, 15) is 0 Å². The zero-order valence-corrected chi connectivity index (χ0v) is 11.1. The van der Waals surface area contributed by atoms with Crippen LogP contribution >= 0.6 is 22.9 Å². The molecule has 2 rings (SSSR count). The van der Waals surface area contributed by atoms with E-state index >= 15 is 0 Å². The van der Waals surface area contributed by atoms with Gasteiger partial charge in [0.05, 0.1) is 10.4 Å². The van der Waals surface area contributed by atoms with Crippen LogP contribution in [0.3, 0.4) is 0 Å². The van der Waals surface area contributed by atoms with E-state index in [1.54, 1.807) is 11.3 Å². The first-order valence-corrected chi connectivity index (χ1v) is 6.37. The van der Waals surface area contributed by atoms with Gasteiger partial charge in [0.1, 0.15) is 5.82 Å². The number of anilines is 2. The van der Waals surface area contributed by atoms with Crippen molar-refractivity contribution in [1.82, 2.24) is 9.97 Å². The Morgan fingerprint density at radius 3 is 2.76 bits per heavy atom.